The summed E-state index contributed by atoms with van der Waals surface area (Å²) < 4.78 is 5.54. The third-order valence-corrected chi connectivity index (χ3v) is 5.70. The molecule has 138 valence electrons. The highest BCUT2D eigenvalue weighted by molar-refractivity contribution is 5.78. The van der Waals surface area contributed by atoms with E-state index in [9.17, 15) is 4.79 Å². The highest BCUT2D eigenvalue weighted by atomic mass is 16.5. The molecule has 1 aromatic rings. The molecule has 2 fully saturated rings. The summed E-state index contributed by atoms with van der Waals surface area (Å²) in [5, 5.41) is 0. The van der Waals surface area contributed by atoms with Crippen molar-refractivity contribution in [1.29, 1.82) is 0 Å². The first kappa shape index (κ1) is 18.2. The lowest BCUT2D eigenvalue weighted by Crippen LogP contribution is -2.47. The Kier molecular flexibility index (Phi) is 6.35. The predicted octanol–water partition coefficient (Wildman–Crippen LogP) is 4.01. The molecule has 0 aliphatic carbocycles. The Morgan fingerprint density at radius 1 is 1.08 bits per heavy atom. The number of amides is 1. The van der Waals surface area contributed by atoms with Gasteiger partial charge in [0.1, 0.15) is 5.75 Å². The molecule has 0 radical (unpaired) electrons. The van der Waals surface area contributed by atoms with Crippen molar-refractivity contribution in [2.75, 3.05) is 26.2 Å². The van der Waals surface area contributed by atoms with E-state index in [2.05, 4.69) is 41.0 Å². The van der Waals surface area contributed by atoms with Gasteiger partial charge in [-0.3, -0.25) is 9.69 Å². The van der Waals surface area contributed by atoms with Gasteiger partial charge >= 0.3 is 0 Å². The Labute approximate surface area is 152 Å². The Balaban J connectivity index is 1.64. The van der Waals surface area contributed by atoms with Crippen LogP contribution in [0.25, 0.3) is 0 Å². The van der Waals surface area contributed by atoms with Crippen LogP contribution >= 0.6 is 0 Å². The molecule has 2 heterocycles. The van der Waals surface area contributed by atoms with Gasteiger partial charge in [0.2, 0.25) is 5.91 Å². The zero-order chi connectivity index (χ0) is 17.6. The van der Waals surface area contributed by atoms with E-state index in [1.165, 1.54) is 24.8 Å². The first-order valence-corrected chi connectivity index (χ1v) is 9.99. The molecule has 2 saturated heterocycles. The molecular formula is C21H32N2O2. The lowest BCUT2D eigenvalue weighted by Gasteiger charge is -2.37. The minimum absolute atomic E-state index is 0.324. The van der Waals surface area contributed by atoms with E-state index in [1.807, 2.05) is 6.92 Å². The largest absolute Gasteiger partial charge is 0.494 e. The van der Waals surface area contributed by atoms with Crippen LogP contribution in [0, 0.1) is 0 Å². The van der Waals surface area contributed by atoms with Crippen LogP contribution in [0.5, 0.6) is 5.75 Å². The van der Waals surface area contributed by atoms with Crippen LogP contribution in [0.2, 0.25) is 0 Å². The van der Waals surface area contributed by atoms with Crippen molar-refractivity contribution < 1.29 is 9.53 Å². The van der Waals surface area contributed by atoms with Gasteiger partial charge in [0.15, 0.2) is 0 Å². The van der Waals surface area contributed by atoms with Crippen LogP contribution in [-0.4, -0.2) is 48.0 Å². The molecule has 0 spiro atoms. The Morgan fingerprint density at radius 2 is 1.88 bits per heavy atom. The summed E-state index contributed by atoms with van der Waals surface area (Å²) in [6, 6.07) is 9.24. The van der Waals surface area contributed by atoms with Gasteiger partial charge in [-0.05, 0) is 69.7 Å². The highest BCUT2D eigenvalue weighted by Crippen LogP contribution is 2.33. The normalized spacial score (nSPS) is 24.5. The van der Waals surface area contributed by atoms with E-state index in [0.29, 0.717) is 31.1 Å². The summed E-state index contributed by atoms with van der Waals surface area (Å²) in [5.74, 6) is 1.25. The zero-order valence-corrected chi connectivity index (χ0v) is 15.7. The number of carbonyl (C=O) groups is 1. The smallest absolute Gasteiger partial charge is 0.237 e. The average Bonchev–Trinajstić information content (AvgIpc) is 3.10. The highest BCUT2D eigenvalue weighted by Gasteiger charge is 2.31. The van der Waals surface area contributed by atoms with Crippen LogP contribution in [-0.2, 0) is 4.79 Å². The van der Waals surface area contributed by atoms with Crippen molar-refractivity contribution in [1.82, 2.24) is 9.80 Å². The molecule has 0 aromatic heterocycles. The standard InChI is InChI=1S/C21H32N2O2/c1-3-18-8-5-6-15-23(18)21(24)16-22-14-7-9-20(22)17-10-12-19(13-11-17)25-4-2/h10-13,18,20H,3-9,14-16H2,1-2H3/t18-,20-/m0/s1. The lowest BCUT2D eigenvalue weighted by atomic mass is 10.00. The van der Waals surface area contributed by atoms with Crippen molar-refractivity contribution in [2.24, 2.45) is 0 Å². The summed E-state index contributed by atoms with van der Waals surface area (Å²) in [6.07, 6.45) is 6.98. The summed E-state index contributed by atoms with van der Waals surface area (Å²) in [6.45, 7) is 7.43. The van der Waals surface area contributed by atoms with Gasteiger partial charge in [-0.1, -0.05) is 19.1 Å². The maximum absolute atomic E-state index is 12.9. The minimum Gasteiger partial charge on any atom is -0.494 e. The van der Waals surface area contributed by atoms with E-state index in [0.717, 1.165) is 38.1 Å². The topological polar surface area (TPSA) is 32.8 Å². The fraction of sp³-hybridized carbons (Fsp3) is 0.667. The summed E-state index contributed by atoms with van der Waals surface area (Å²) >= 11 is 0. The molecule has 2 atom stereocenters. The fourth-order valence-electron chi connectivity index (χ4n) is 4.36. The van der Waals surface area contributed by atoms with Crippen molar-refractivity contribution in [3.8, 4) is 5.75 Å². The molecule has 1 aromatic carbocycles. The summed E-state index contributed by atoms with van der Waals surface area (Å²) in [5.41, 5.74) is 1.31. The fourth-order valence-corrected chi connectivity index (χ4v) is 4.36. The first-order valence-electron chi connectivity index (χ1n) is 9.99. The van der Waals surface area contributed by atoms with E-state index < -0.39 is 0 Å². The summed E-state index contributed by atoms with van der Waals surface area (Å²) in [4.78, 5) is 17.4. The third kappa shape index (κ3) is 4.35. The van der Waals surface area contributed by atoms with Gasteiger partial charge in [-0.25, -0.2) is 0 Å². The predicted molar refractivity (Wildman–Crippen MR) is 101 cm³/mol. The number of ether oxygens (including phenoxy) is 1. The second-order valence-electron chi connectivity index (χ2n) is 7.28. The van der Waals surface area contributed by atoms with Crippen molar-refractivity contribution in [3.05, 3.63) is 29.8 Å². The number of rotatable bonds is 6. The molecule has 0 unspecified atom stereocenters. The quantitative estimate of drug-likeness (QED) is 0.781. The number of hydrogen-bond acceptors (Lipinski definition) is 3. The monoisotopic (exact) mass is 344 g/mol. The molecule has 4 heteroatoms. The maximum atomic E-state index is 12.9. The van der Waals surface area contributed by atoms with E-state index >= 15 is 0 Å². The van der Waals surface area contributed by atoms with Gasteiger partial charge < -0.3 is 9.64 Å². The van der Waals surface area contributed by atoms with Gasteiger partial charge in [-0.2, -0.15) is 0 Å². The number of benzene rings is 1. The second kappa shape index (κ2) is 8.70. The van der Waals surface area contributed by atoms with Crippen LogP contribution in [0.15, 0.2) is 24.3 Å². The number of piperidine rings is 1. The third-order valence-electron chi connectivity index (χ3n) is 5.70. The van der Waals surface area contributed by atoms with Crippen LogP contribution in [0.4, 0.5) is 0 Å². The molecule has 0 bridgehead atoms. The number of likely N-dealkylation sites (tertiary alicyclic amines) is 2. The number of hydrogen-bond donors (Lipinski definition) is 0. The van der Waals surface area contributed by atoms with Gasteiger partial charge in [0, 0.05) is 18.6 Å². The minimum atomic E-state index is 0.324. The molecule has 0 N–H and O–H groups in total. The van der Waals surface area contributed by atoms with Gasteiger partial charge in [0.25, 0.3) is 0 Å². The van der Waals surface area contributed by atoms with Crippen molar-refractivity contribution in [3.63, 3.8) is 0 Å². The second-order valence-corrected chi connectivity index (χ2v) is 7.28. The van der Waals surface area contributed by atoms with E-state index in [1.54, 1.807) is 0 Å². The van der Waals surface area contributed by atoms with Crippen LogP contribution in [0.1, 0.15) is 64.0 Å². The molecular weight excluding hydrogens is 312 g/mol. The van der Waals surface area contributed by atoms with E-state index in [4.69, 9.17) is 4.74 Å². The molecule has 4 nitrogen and oxygen atoms in total. The number of carbonyl (C=O) groups excluding carboxylic acids is 1. The zero-order valence-electron chi connectivity index (χ0n) is 15.7. The Bertz CT molecular complexity index is 558. The maximum Gasteiger partial charge on any atom is 0.237 e. The Morgan fingerprint density at radius 3 is 2.60 bits per heavy atom. The van der Waals surface area contributed by atoms with Crippen LogP contribution < -0.4 is 4.74 Å². The SMILES string of the molecule is CCOc1ccc([C@@H]2CCCN2CC(=O)N2CCCC[C@@H]2CC)cc1. The van der Waals surface area contributed by atoms with E-state index in [-0.39, 0.29) is 0 Å². The first-order chi connectivity index (χ1) is 12.2. The van der Waals surface area contributed by atoms with Crippen molar-refractivity contribution >= 4 is 5.91 Å². The van der Waals surface area contributed by atoms with Crippen molar-refractivity contribution in [2.45, 2.75) is 64.5 Å². The molecule has 25 heavy (non-hydrogen) atoms. The molecule has 1 amide bonds. The van der Waals surface area contributed by atoms with Gasteiger partial charge in [-0.15, -0.1) is 0 Å². The average molecular weight is 344 g/mol. The van der Waals surface area contributed by atoms with Crippen LogP contribution in [0.3, 0.4) is 0 Å². The Hall–Kier alpha value is -1.55. The molecule has 2 aliphatic heterocycles. The molecule has 3 rings (SSSR count). The lowest BCUT2D eigenvalue weighted by molar-refractivity contribution is -0.136. The molecule has 2 aliphatic rings. The number of nitrogens with zero attached hydrogens (tertiary/aromatic N) is 2. The summed E-state index contributed by atoms with van der Waals surface area (Å²) in [7, 11) is 0. The molecule has 0 saturated carbocycles. The van der Waals surface area contributed by atoms with Gasteiger partial charge in [0.05, 0.1) is 13.2 Å².